The van der Waals surface area contributed by atoms with Gasteiger partial charge in [-0.2, -0.15) is 0 Å². The summed E-state index contributed by atoms with van der Waals surface area (Å²) >= 11 is 0. The van der Waals surface area contributed by atoms with Crippen molar-refractivity contribution >= 4 is 11.9 Å². The lowest BCUT2D eigenvalue weighted by atomic mass is 10.1. The number of hydrogen-bond donors (Lipinski definition) is 2. The molecule has 0 bridgehead atoms. The van der Waals surface area contributed by atoms with E-state index in [-0.39, 0.29) is 12.6 Å². The summed E-state index contributed by atoms with van der Waals surface area (Å²) in [7, 11) is 0. The van der Waals surface area contributed by atoms with Gasteiger partial charge in [-0.15, -0.1) is 0 Å². The lowest BCUT2D eigenvalue weighted by molar-refractivity contribution is -0.147. The Bertz CT molecular complexity index is 289. The van der Waals surface area contributed by atoms with Gasteiger partial charge in [-0.25, -0.2) is 0 Å². The van der Waals surface area contributed by atoms with Gasteiger partial charge in [0.15, 0.2) is 5.79 Å². The van der Waals surface area contributed by atoms with Crippen LogP contribution in [0.15, 0.2) is 0 Å². The molecule has 1 aliphatic heterocycles. The smallest absolute Gasteiger partial charge is 0.315 e. The van der Waals surface area contributed by atoms with Gasteiger partial charge < -0.3 is 19.9 Å². The Labute approximate surface area is 93.9 Å². The van der Waals surface area contributed by atoms with E-state index in [1.807, 2.05) is 0 Å². The fraction of sp³-hybridized carbons (Fsp3) is 0.800. The van der Waals surface area contributed by atoms with Crippen LogP contribution in [0.3, 0.4) is 0 Å². The summed E-state index contributed by atoms with van der Waals surface area (Å²) in [6.45, 7) is 5.58. The van der Waals surface area contributed by atoms with Gasteiger partial charge in [0.2, 0.25) is 5.91 Å². The van der Waals surface area contributed by atoms with E-state index in [1.165, 1.54) is 6.92 Å². The summed E-state index contributed by atoms with van der Waals surface area (Å²) in [5.41, 5.74) is 0. The standard InChI is InChI=1S/C10H17NO5/c1-6(9(13)14)8(12)11-4-7-5-15-10(2,3)16-7/h6-7H,4-5H2,1-3H3,(H,11,12)(H,13,14). The Kier molecular flexibility index (Phi) is 3.88. The first-order valence-electron chi connectivity index (χ1n) is 5.14. The molecule has 0 aromatic rings. The van der Waals surface area contributed by atoms with Gasteiger partial charge >= 0.3 is 5.97 Å². The van der Waals surface area contributed by atoms with Crippen molar-refractivity contribution in [1.82, 2.24) is 5.32 Å². The lowest BCUT2D eigenvalue weighted by Crippen LogP contribution is -2.39. The number of rotatable bonds is 4. The Morgan fingerprint density at radius 3 is 2.62 bits per heavy atom. The zero-order valence-electron chi connectivity index (χ0n) is 9.65. The van der Waals surface area contributed by atoms with Gasteiger partial charge in [0, 0.05) is 6.54 Å². The third-order valence-electron chi connectivity index (χ3n) is 2.33. The van der Waals surface area contributed by atoms with Crippen LogP contribution >= 0.6 is 0 Å². The van der Waals surface area contributed by atoms with Crippen LogP contribution < -0.4 is 5.32 Å². The van der Waals surface area contributed by atoms with E-state index in [0.29, 0.717) is 6.61 Å². The minimum Gasteiger partial charge on any atom is -0.481 e. The third-order valence-corrected chi connectivity index (χ3v) is 2.33. The molecule has 2 atom stereocenters. The van der Waals surface area contributed by atoms with Gasteiger partial charge in [0.25, 0.3) is 0 Å². The Morgan fingerprint density at radius 1 is 1.56 bits per heavy atom. The number of aliphatic carboxylic acids is 1. The summed E-state index contributed by atoms with van der Waals surface area (Å²) in [6, 6.07) is 0. The molecule has 1 rings (SSSR count). The van der Waals surface area contributed by atoms with Gasteiger partial charge in [-0.05, 0) is 20.8 Å². The maximum atomic E-state index is 11.3. The molecule has 2 N–H and O–H groups in total. The van der Waals surface area contributed by atoms with Crippen LogP contribution in [0.4, 0.5) is 0 Å². The molecule has 0 aromatic heterocycles. The number of hydrogen-bond acceptors (Lipinski definition) is 4. The average Bonchev–Trinajstić information content (AvgIpc) is 2.53. The second kappa shape index (κ2) is 4.80. The maximum absolute atomic E-state index is 11.3. The molecule has 2 unspecified atom stereocenters. The van der Waals surface area contributed by atoms with Crippen LogP contribution in [0.5, 0.6) is 0 Å². The molecule has 16 heavy (non-hydrogen) atoms. The minimum absolute atomic E-state index is 0.222. The molecule has 0 aromatic carbocycles. The molecule has 1 saturated heterocycles. The van der Waals surface area contributed by atoms with Crippen molar-refractivity contribution in [3.8, 4) is 0 Å². The Hall–Kier alpha value is -1.14. The largest absolute Gasteiger partial charge is 0.481 e. The highest BCUT2D eigenvalue weighted by molar-refractivity contribution is 5.96. The Balaban J connectivity index is 2.31. The summed E-state index contributed by atoms with van der Waals surface area (Å²) in [5, 5.41) is 11.1. The van der Waals surface area contributed by atoms with Gasteiger partial charge in [-0.3, -0.25) is 9.59 Å². The zero-order chi connectivity index (χ0) is 12.3. The second-order valence-electron chi connectivity index (χ2n) is 4.26. The van der Waals surface area contributed by atoms with Crippen LogP contribution in [0.1, 0.15) is 20.8 Å². The maximum Gasteiger partial charge on any atom is 0.315 e. The molecule has 0 saturated carbocycles. The van der Waals surface area contributed by atoms with E-state index >= 15 is 0 Å². The molecule has 0 aliphatic carbocycles. The topological polar surface area (TPSA) is 84.9 Å². The van der Waals surface area contributed by atoms with Crippen molar-refractivity contribution in [2.75, 3.05) is 13.2 Å². The van der Waals surface area contributed by atoms with Crippen LogP contribution in [0, 0.1) is 5.92 Å². The number of carbonyl (C=O) groups is 2. The van der Waals surface area contributed by atoms with E-state index in [1.54, 1.807) is 13.8 Å². The highest BCUT2D eigenvalue weighted by Crippen LogP contribution is 2.21. The summed E-state index contributed by atoms with van der Waals surface area (Å²) in [6.07, 6.45) is -0.222. The molecular weight excluding hydrogens is 214 g/mol. The van der Waals surface area contributed by atoms with Crippen LogP contribution in [-0.2, 0) is 19.1 Å². The molecular formula is C10H17NO5. The molecule has 92 valence electrons. The SMILES string of the molecule is CC(C(=O)O)C(=O)NCC1COC(C)(C)O1. The normalized spacial score (nSPS) is 25.1. The van der Waals surface area contributed by atoms with E-state index < -0.39 is 23.6 Å². The number of carboxylic acids is 1. The number of carbonyl (C=O) groups excluding carboxylic acids is 1. The molecule has 6 nitrogen and oxygen atoms in total. The monoisotopic (exact) mass is 231 g/mol. The van der Waals surface area contributed by atoms with Crippen molar-refractivity contribution in [1.29, 1.82) is 0 Å². The first-order chi connectivity index (χ1) is 7.32. The van der Waals surface area contributed by atoms with Crippen LogP contribution in [0.25, 0.3) is 0 Å². The molecule has 6 heteroatoms. The Morgan fingerprint density at radius 2 is 2.19 bits per heavy atom. The van der Waals surface area contributed by atoms with Gasteiger partial charge in [-0.1, -0.05) is 0 Å². The molecule has 0 spiro atoms. The third kappa shape index (κ3) is 3.46. The second-order valence-corrected chi connectivity index (χ2v) is 4.26. The summed E-state index contributed by atoms with van der Waals surface area (Å²) in [4.78, 5) is 21.8. The van der Waals surface area contributed by atoms with Crippen LogP contribution in [0.2, 0.25) is 0 Å². The van der Waals surface area contributed by atoms with Crippen molar-refractivity contribution in [2.24, 2.45) is 5.92 Å². The van der Waals surface area contributed by atoms with Crippen molar-refractivity contribution < 1.29 is 24.2 Å². The zero-order valence-corrected chi connectivity index (χ0v) is 9.65. The first kappa shape index (κ1) is 12.9. The fourth-order valence-electron chi connectivity index (χ4n) is 1.34. The van der Waals surface area contributed by atoms with Crippen molar-refractivity contribution in [3.63, 3.8) is 0 Å². The number of amides is 1. The fourth-order valence-corrected chi connectivity index (χ4v) is 1.34. The van der Waals surface area contributed by atoms with E-state index in [2.05, 4.69) is 5.32 Å². The lowest BCUT2D eigenvalue weighted by Gasteiger charge is -2.17. The minimum atomic E-state index is -1.14. The average molecular weight is 231 g/mol. The predicted molar refractivity (Wildman–Crippen MR) is 54.7 cm³/mol. The number of nitrogens with one attached hydrogen (secondary N) is 1. The predicted octanol–water partition coefficient (Wildman–Crippen LogP) is -0.0252. The summed E-state index contributed by atoms with van der Waals surface area (Å²) < 4.78 is 10.8. The van der Waals surface area contributed by atoms with Crippen molar-refractivity contribution in [3.05, 3.63) is 0 Å². The van der Waals surface area contributed by atoms with Gasteiger partial charge in [0.05, 0.1) is 6.61 Å². The van der Waals surface area contributed by atoms with Crippen molar-refractivity contribution in [2.45, 2.75) is 32.7 Å². The van der Waals surface area contributed by atoms with E-state index in [9.17, 15) is 9.59 Å². The highest BCUT2D eigenvalue weighted by atomic mass is 16.7. The first-order valence-corrected chi connectivity index (χ1v) is 5.14. The van der Waals surface area contributed by atoms with E-state index in [0.717, 1.165) is 0 Å². The van der Waals surface area contributed by atoms with Crippen LogP contribution in [-0.4, -0.2) is 42.0 Å². The molecule has 1 amide bonds. The summed E-state index contributed by atoms with van der Waals surface area (Å²) in [5.74, 6) is -3.33. The van der Waals surface area contributed by atoms with E-state index in [4.69, 9.17) is 14.6 Å². The molecule has 1 fully saturated rings. The highest BCUT2D eigenvalue weighted by Gasteiger charge is 2.33. The number of ether oxygens (including phenoxy) is 2. The molecule has 1 aliphatic rings. The van der Waals surface area contributed by atoms with Gasteiger partial charge in [0.1, 0.15) is 12.0 Å². The number of carboxylic acid groups (broad SMARTS) is 1. The quantitative estimate of drug-likeness (QED) is 0.664. The molecule has 1 heterocycles. The molecule has 0 radical (unpaired) electrons.